The van der Waals surface area contributed by atoms with Gasteiger partial charge < -0.3 is 14.8 Å². The van der Waals surface area contributed by atoms with Gasteiger partial charge in [-0.15, -0.1) is 0 Å². The molecule has 8 fully saturated rings. The topological polar surface area (TPSA) is 68.5 Å². The molecule has 0 unspecified atom stereocenters. The summed E-state index contributed by atoms with van der Waals surface area (Å²) in [6, 6.07) is 4.03. The standard InChI is InChI=1S/C35H44N2O4/c1-20-29(32(38)40-34-13-22-7-23(14-34)9-24(8-22)15-34)31(28-5-4-6-37(3)19-28)30(21(2)36-20)33(39)41-35-16-25-10-26(17-35)12-27(11-25)18-35/h4-6,19,22-27,31H,7-18H2,1-3H3/p+1. The Kier molecular flexibility index (Phi) is 5.83. The number of pyridine rings is 1. The Hall–Kier alpha value is -2.63. The highest BCUT2D eigenvalue weighted by Crippen LogP contribution is 2.59. The number of nitrogens with zero attached hydrogens (tertiary/aromatic N) is 1. The maximum Gasteiger partial charge on any atom is 0.337 e. The van der Waals surface area contributed by atoms with Crippen molar-refractivity contribution in [2.24, 2.45) is 42.6 Å². The summed E-state index contributed by atoms with van der Waals surface area (Å²) in [4.78, 5) is 28.7. The minimum atomic E-state index is -0.522. The molecule has 10 rings (SSSR count). The Balaban J connectivity index is 1.13. The number of aromatic nitrogens is 1. The summed E-state index contributed by atoms with van der Waals surface area (Å²) >= 11 is 0. The number of ether oxygens (including phenoxy) is 2. The van der Waals surface area contributed by atoms with Gasteiger partial charge in [-0.2, -0.15) is 0 Å². The zero-order valence-corrected chi connectivity index (χ0v) is 24.9. The van der Waals surface area contributed by atoms with E-state index < -0.39 is 5.92 Å². The zero-order valence-electron chi connectivity index (χ0n) is 24.9. The van der Waals surface area contributed by atoms with Crippen LogP contribution in [0.5, 0.6) is 0 Å². The quantitative estimate of drug-likeness (QED) is 0.368. The van der Waals surface area contributed by atoms with E-state index in [1.807, 2.05) is 50.0 Å². The fourth-order valence-electron chi connectivity index (χ4n) is 11.5. The van der Waals surface area contributed by atoms with E-state index in [-0.39, 0.29) is 23.1 Å². The fourth-order valence-corrected chi connectivity index (χ4v) is 11.5. The molecular formula is C35H45N2O4+. The third kappa shape index (κ3) is 4.38. The second kappa shape index (κ2) is 9.18. The molecule has 6 nitrogen and oxygen atoms in total. The summed E-state index contributed by atoms with van der Waals surface area (Å²) in [7, 11) is 1.98. The van der Waals surface area contributed by atoms with Crippen molar-refractivity contribution in [3.05, 3.63) is 52.6 Å². The molecule has 0 spiro atoms. The highest BCUT2D eigenvalue weighted by molar-refractivity contribution is 6.00. The van der Waals surface area contributed by atoms with Crippen LogP contribution in [0, 0.1) is 35.5 Å². The van der Waals surface area contributed by atoms with Crippen LogP contribution in [0.3, 0.4) is 0 Å². The lowest BCUT2D eigenvalue weighted by molar-refractivity contribution is -0.671. The number of dihydropyridines is 1. The number of hydrogen-bond acceptors (Lipinski definition) is 5. The van der Waals surface area contributed by atoms with Crippen molar-refractivity contribution >= 4 is 11.9 Å². The van der Waals surface area contributed by atoms with Gasteiger partial charge >= 0.3 is 11.9 Å². The van der Waals surface area contributed by atoms with Crippen molar-refractivity contribution in [3.63, 3.8) is 0 Å². The van der Waals surface area contributed by atoms with E-state index in [9.17, 15) is 9.59 Å². The SMILES string of the molecule is CC1=C(C(=O)OC23CC4CC(CC(C4)C2)C3)C(c2ccc[n+](C)c2)C(C(=O)OC23CC4CC(CC(C4)C2)C3)=C(C)N1. The smallest absolute Gasteiger partial charge is 0.337 e. The van der Waals surface area contributed by atoms with Gasteiger partial charge in [0.05, 0.1) is 17.1 Å². The third-order valence-corrected chi connectivity index (χ3v) is 12.1. The Morgan fingerprint density at radius 3 is 1.49 bits per heavy atom. The van der Waals surface area contributed by atoms with Crippen molar-refractivity contribution in [2.45, 2.75) is 108 Å². The number of aryl methyl sites for hydroxylation is 1. The molecule has 6 heteroatoms. The van der Waals surface area contributed by atoms with Crippen molar-refractivity contribution in [3.8, 4) is 0 Å². The first-order chi connectivity index (χ1) is 19.7. The van der Waals surface area contributed by atoms with E-state index >= 15 is 0 Å². The van der Waals surface area contributed by atoms with E-state index in [0.717, 1.165) is 55.5 Å². The Morgan fingerprint density at radius 2 is 1.12 bits per heavy atom. The predicted octanol–water partition coefficient (Wildman–Crippen LogP) is 5.77. The molecule has 8 bridgehead atoms. The summed E-state index contributed by atoms with van der Waals surface area (Å²) in [5.74, 6) is 3.07. The number of hydrogen-bond donors (Lipinski definition) is 1. The number of nitrogens with one attached hydrogen (secondary N) is 1. The number of allylic oxidation sites excluding steroid dienone is 2. The number of rotatable bonds is 5. The summed E-state index contributed by atoms with van der Waals surface area (Å²) in [6.45, 7) is 3.91. The predicted molar refractivity (Wildman–Crippen MR) is 153 cm³/mol. The van der Waals surface area contributed by atoms with Crippen LogP contribution in [-0.4, -0.2) is 23.1 Å². The molecule has 1 aromatic heterocycles. The van der Waals surface area contributed by atoms with Crippen molar-refractivity contribution in [1.29, 1.82) is 0 Å². The highest BCUT2D eigenvalue weighted by Gasteiger charge is 2.56. The lowest BCUT2D eigenvalue weighted by Gasteiger charge is -2.56. The second-order valence-electron chi connectivity index (χ2n) is 15.4. The van der Waals surface area contributed by atoms with Crippen LogP contribution in [0.2, 0.25) is 0 Å². The van der Waals surface area contributed by atoms with Gasteiger partial charge in [0.2, 0.25) is 0 Å². The van der Waals surface area contributed by atoms with E-state index in [4.69, 9.17) is 9.47 Å². The van der Waals surface area contributed by atoms with Crippen LogP contribution in [0.25, 0.3) is 0 Å². The van der Waals surface area contributed by atoms with Gasteiger partial charge in [0.1, 0.15) is 18.2 Å². The Labute approximate surface area is 243 Å². The molecule has 0 aromatic carbocycles. The molecule has 0 saturated heterocycles. The minimum absolute atomic E-state index is 0.263. The maximum absolute atomic E-state index is 14.3. The van der Waals surface area contributed by atoms with Gasteiger partial charge in [0.15, 0.2) is 12.4 Å². The number of carbonyl (C=O) groups is 2. The number of esters is 2. The van der Waals surface area contributed by atoms with Crippen molar-refractivity contribution in [1.82, 2.24) is 5.32 Å². The van der Waals surface area contributed by atoms with Gasteiger partial charge in [-0.25, -0.2) is 14.2 Å². The van der Waals surface area contributed by atoms with Gasteiger partial charge in [-0.1, -0.05) is 0 Å². The molecule has 8 saturated carbocycles. The molecule has 1 N–H and O–H groups in total. The van der Waals surface area contributed by atoms with Gasteiger partial charge in [0, 0.05) is 23.0 Å². The molecule has 1 aliphatic heterocycles. The first kappa shape index (κ1) is 26.0. The summed E-state index contributed by atoms with van der Waals surface area (Å²) < 4.78 is 15.2. The van der Waals surface area contributed by atoms with Crippen molar-refractivity contribution in [2.75, 3.05) is 0 Å². The molecule has 2 heterocycles. The lowest BCUT2D eigenvalue weighted by Crippen LogP contribution is -2.53. The summed E-state index contributed by atoms with van der Waals surface area (Å²) in [5.41, 5.74) is 2.91. The molecule has 0 radical (unpaired) electrons. The molecule has 9 aliphatic rings. The normalized spacial score (nSPS) is 42.0. The van der Waals surface area contributed by atoms with E-state index in [2.05, 4.69) is 5.32 Å². The van der Waals surface area contributed by atoms with Crippen LogP contribution in [0.1, 0.15) is 102 Å². The molecule has 8 aliphatic carbocycles. The fraction of sp³-hybridized carbons (Fsp3) is 0.686. The first-order valence-electron chi connectivity index (χ1n) is 16.3. The number of carbonyl (C=O) groups excluding carboxylic acids is 2. The maximum atomic E-state index is 14.3. The molecular weight excluding hydrogens is 512 g/mol. The Morgan fingerprint density at radius 1 is 0.732 bits per heavy atom. The van der Waals surface area contributed by atoms with E-state index in [1.54, 1.807) is 0 Å². The third-order valence-electron chi connectivity index (χ3n) is 12.1. The van der Waals surface area contributed by atoms with E-state index in [0.29, 0.717) is 46.7 Å². The van der Waals surface area contributed by atoms with Gasteiger partial charge in [-0.05, 0) is 132 Å². The molecule has 1 aromatic rings. The summed E-state index contributed by atoms with van der Waals surface area (Å²) in [5, 5.41) is 3.42. The van der Waals surface area contributed by atoms with Crippen LogP contribution < -0.4 is 9.88 Å². The van der Waals surface area contributed by atoms with Crippen molar-refractivity contribution < 1.29 is 23.6 Å². The van der Waals surface area contributed by atoms with Crippen LogP contribution in [-0.2, 0) is 26.1 Å². The van der Waals surface area contributed by atoms with Gasteiger partial charge in [0.25, 0.3) is 0 Å². The molecule has 218 valence electrons. The van der Waals surface area contributed by atoms with Gasteiger partial charge in [-0.3, -0.25) is 0 Å². The average Bonchev–Trinajstić information content (AvgIpc) is 2.85. The zero-order chi connectivity index (χ0) is 28.1. The minimum Gasteiger partial charge on any atom is -0.456 e. The largest absolute Gasteiger partial charge is 0.456 e. The molecule has 0 amide bonds. The summed E-state index contributed by atoms with van der Waals surface area (Å²) in [6.07, 6.45) is 17.7. The van der Waals surface area contributed by atoms with Crippen LogP contribution >= 0.6 is 0 Å². The average molecular weight is 558 g/mol. The molecule has 0 atom stereocenters. The molecule has 41 heavy (non-hydrogen) atoms. The monoisotopic (exact) mass is 557 g/mol. The Bertz CT molecular complexity index is 1220. The second-order valence-corrected chi connectivity index (χ2v) is 15.4. The van der Waals surface area contributed by atoms with Crippen LogP contribution in [0.4, 0.5) is 0 Å². The van der Waals surface area contributed by atoms with Crippen LogP contribution in [0.15, 0.2) is 47.1 Å². The first-order valence-corrected chi connectivity index (χ1v) is 16.3. The highest BCUT2D eigenvalue weighted by atomic mass is 16.6. The lowest BCUT2D eigenvalue weighted by atomic mass is 9.54. The van der Waals surface area contributed by atoms with E-state index in [1.165, 1.54) is 38.5 Å².